The molecular weight excluding hydrogens is 206 g/mol. The van der Waals surface area contributed by atoms with Crippen molar-refractivity contribution >= 4 is 0 Å². The molecule has 0 saturated carbocycles. The molecule has 88 valence electrons. The van der Waals surface area contributed by atoms with Gasteiger partial charge in [0.05, 0.1) is 12.7 Å². The molecule has 1 aliphatic rings. The quantitative estimate of drug-likeness (QED) is 0.826. The summed E-state index contributed by atoms with van der Waals surface area (Å²) in [6, 6.07) is 0. The predicted molar refractivity (Wildman–Crippen MR) is 59.8 cm³/mol. The highest BCUT2D eigenvalue weighted by molar-refractivity contribution is 5.32. The first-order valence-electron chi connectivity index (χ1n) is 5.54. The maximum absolute atomic E-state index is 5.83. The molecule has 1 aliphatic heterocycles. The summed E-state index contributed by atoms with van der Waals surface area (Å²) in [5.74, 6) is 1.20. The molecule has 5 nitrogen and oxygen atoms in total. The normalized spacial score (nSPS) is 20.5. The Morgan fingerprint density at radius 2 is 2.19 bits per heavy atom. The van der Waals surface area contributed by atoms with E-state index in [2.05, 4.69) is 15.3 Å². The molecule has 1 aromatic heterocycles. The Morgan fingerprint density at radius 1 is 1.38 bits per heavy atom. The molecule has 1 saturated heterocycles. The van der Waals surface area contributed by atoms with Gasteiger partial charge < -0.3 is 14.8 Å². The zero-order valence-electron chi connectivity index (χ0n) is 9.69. The number of methoxy groups -OCH3 is 1. The summed E-state index contributed by atoms with van der Waals surface area (Å²) in [5, 5.41) is 3.30. The number of nitrogens with one attached hydrogen (secondary N) is 1. The van der Waals surface area contributed by atoms with Crippen LogP contribution >= 0.6 is 0 Å². The molecule has 16 heavy (non-hydrogen) atoms. The third-order valence-corrected chi connectivity index (χ3v) is 2.71. The largest absolute Gasteiger partial charge is 0.481 e. The van der Waals surface area contributed by atoms with Crippen molar-refractivity contribution in [3.05, 3.63) is 11.9 Å². The maximum Gasteiger partial charge on any atom is 0.223 e. The lowest BCUT2D eigenvalue weighted by molar-refractivity contribution is 0.158. The van der Waals surface area contributed by atoms with Crippen molar-refractivity contribution in [2.75, 3.05) is 20.2 Å². The van der Waals surface area contributed by atoms with Gasteiger partial charge in [-0.1, -0.05) is 0 Å². The van der Waals surface area contributed by atoms with Crippen molar-refractivity contribution < 1.29 is 9.47 Å². The van der Waals surface area contributed by atoms with Crippen molar-refractivity contribution in [1.82, 2.24) is 15.3 Å². The molecule has 5 heteroatoms. The topological polar surface area (TPSA) is 56.3 Å². The average Bonchev–Trinajstić information content (AvgIpc) is 2.33. The van der Waals surface area contributed by atoms with Gasteiger partial charge >= 0.3 is 0 Å². The molecule has 1 atom stereocenters. The minimum absolute atomic E-state index is 0.201. The fourth-order valence-corrected chi connectivity index (χ4v) is 1.82. The van der Waals surface area contributed by atoms with E-state index in [1.807, 2.05) is 6.92 Å². The molecular formula is C11H17N3O2. The summed E-state index contributed by atoms with van der Waals surface area (Å²) in [6.45, 7) is 3.86. The summed E-state index contributed by atoms with van der Waals surface area (Å²) in [4.78, 5) is 8.16. The Bertz CT molecular complexity index is 351. The molecule has 0 aliphatic carbocycles. The van der Waals surface area contributed by atoms with Crippen LogP contribution in [0.3, 0.4) is 0 Å². The minimum atomic E-state index is 0.201. The first kappa shape index (κ1) is 11.1. The van der Waals surface area contributed by atoms with Crippen LogP contribution in [0.4, 0.5) is 0 Å². The van der Waals surface area contributed by atoms with Gasteiger partial charge in [0.15, 0.2) is 0 Å². The monoisotopic (exact) mass is 223 g/mol. The number of piperidine rings is 1. The van der Waals surface area contributed by atoms with E-state index in [0.29, 0.717) is 11.8 Å². The Kier molecular flexibility index (Phi) is 3.56. The number of aromatic nitrogens is 2. The van der Waals surface area contributed by atoms with E-state index in [-0.39, 0.29) is 6.10 Å². The number of nitrogens with zero attached hydrogens (tertiary/aromatic N) is 2. The minimum Gasteiger partial charge on any atom is -0.481 e. The van der Waals surface area contributed by atoms with E-state index in [4.69, 9.17) is 9.47 Å². The molecule has 0 amide bonds. The van der Waals surface area contributed by atoms with Crippen LogP contribution in [0.15, 0.2) is 6.33 Å². The molecule has 1 unspecified atom stereocenters. The lowest BCUT2D eigenvalue weighted by Crippen LogP contribution is -2.37. The van der Waals surface area contributed by atoms with Gasteiger partial charge in [-0.25, -0.2) is 9.97 Å². The Hall–Kier alpha value is -1.36. The Morgan fingerprint density at radius 3 is 2.88 bits per heavy atom. The molecule has 0 bridgehead atoms. The van der Waals surface area contributed by atoms with Crippen molar-refractivity contribution in [3.8, 4) is 11.8 Å². The first-order valence-corrected chi connectivity index (χ1v) is 5.54. The molecule has 0 aromatic carbocycles. The average molecular weight is 223 g/mol. The zero-order valence-corrected chi connectivity index (χ0v) is 9.69. The molecule has 1 aromatic rings. The summed E-state index contributed by atoms with van der Waals surface area (Å²) < 4.78 is 11.0. The van der Waals surface area contributed by atoms with Gasteiger partial charge in [0.1, 0.15) is 12.4 Å². The second kappa shape index (κ2) is 5.12. The van der Waals surface area contributed by atoms with E-state index in [0.717, 1.165) is 31.5 Å². The van der Waals surface area contributed by atoms with Gasteiger partial charge in [-0.3, -0.25) is 0 Å². The zero-order chi connectivity index (χ0) is 11.4. The molecule has 0 spiro atoms. The van der Waals surface area contributed by atoms with Gasteiger partial charge in [0.25, 0.3) is 0 Å². The molecule has 2 rings (SSSR count). The summed E-state index contributed by atoms with van der Waals surface area (Å²) in [5.41, 5.74) is 0.857. The van der Waals surface area contributed by atoms with Crippen LogP contribution in [0.25, 0.3) is 0 Å². The van der Waals surface area contributed by atoms with Gasteiger partial charge in [0.2, 0.25) is 11.8 Å². The van der Waals surface area contributed by atoms with E-state index in [1.165, 1.54) is 6.33 Å². The lowest BCUT2D eigenvalue weighted by atomic mass is 10.1. The third kappa shape index (κ3) is 2.41. The van der Waals surface area contributed by atoms with Crippen LogP contribution in [0.1, 0.15) is 18.4 Å². The Labute approximate surface area is 95.2 Å². The van der Waals surface area contributed by atoms with Gasteiger partial charge in [-0.2, -0.15) is 0 Å². The third-order valence-electron chi connectivity index (χ3n) is 2.71. The van der Waals surface area contributed by atoms with Gasteiger partial charge in [-0.15, -0.1) is 0 Å². The molecule has 1 N–H and O–H groups in total. The van der Waals surface area contributed by atoms with Crippen LogP contribution in [0, 0.1) is 6.92 Å². The lowest BCUT2D eigenvalue weighted by Gasteiger charge is -2.24. The summed E-state index contributed by atoms with van der Waals surface area (Å²) in [7, 11) is 1.60. The van der Waals surface area contributed by atoms with Crippen LogP contribution in [-0.4, -0.2) is 36.3 Å². The highest BCUT2D eigenvalue weighted by Gasteiger charge is 2.17. The number of ether oxygens (including phenoxy) is 2. The molecule has 0 radical (unpaired) electrons. The second-order valence-electron chi connectivity index (χ2n) is 3.90. The second-order valence-corrected chi connectivity index (χ2v) is 3.90. The fraction of sp³-hybridized carbons (Fsp3) is 0.636. The van der Waals surface area contributed by atoms with Crippen LogP contribution in [0.5, 0.6) is 11.8 Å². The van der Waals surface area contributed by atoms with Crippen LogP contribution in [0.2, 0.25) is 0 Å². The highest BCUT2D eigenvalue weighted by Crippen LogP contribution is 2.23. The number of hydrogen-bond acceptors (Lipinski definition) is 5. The summed E-state index contributed by atoms with van der Waals surface area (Å²) in [6.07, 6.45) is 3.88. The van der Waals surface area contributed by atoms with Crippen molar-refractivity contribution in [2.45, 2.75) is 25.9 Å². The van der Waals surface area contributed by atoms with Crippen molar-refractivity contribution in [1.29, 1.82) is 0 Å². The van der Waals surface area contributed by atoms with Crippen molar-refractivity contribution in [2.24, 2.45) is 0 Å². The SMILES string of the molecule is COc1ncnc(OC2CCCNC2)c1C. The smallest absolute Gasteiger partial charge is 0.223 e. The standard InChI is InChI=1S/C11H17N3O2/c1-8-10(15-2)13-7-14-11(8)16-9-4-3-5-12-6-9/h7,9,12H,3-6H2,1-2H3. The van der Waals surface area contributed by atoms with Crippen LogP contribution < -0.4 is 14.8 Å². The van der Waals surface area contributed by atoms with E-state index in [1.54, 1.807) is 7.11 Å². The highest BCUT2D eigenvalue weighted by atomic mass is 16.5. The van der Waals surface area contributed by atoms with E-state index in [9.17, 15) is 0 Å². The van der Waals surface area contributed by atoms with E-state index >= 15 is 0 Å². The van der Waals surface area contributed by atoms with E-state index < -0.39 is 0 Å². The number of hydrogen-bond donors (Lipinski definition) is 1. The molecule has 1 fully saturated rings. The van der Waals surface area contributed by atoms with Gasteiger partial charge in [-0.05, 0) is 26.3 Å². The van der Waals surface area contributed by atoms with Crippen LogP contribution in [-0.2, 0) is 0 Å². The predicted octanol–water partition coefficient (Wildman–Crippen LogP) is 0.924. The van der Waals surface area contributed by atoms with Gasteiger partial charge in [0, 0.05) is 6.54 Å². The fourth-order valence-electron chi connectivity index (χ4n) is 1.82. The number of rotatable bonds is 3. The Balaban J connectivity index is 2.08. The first-order chi connectivity index (χ1) is 7.81. The summed E-state index contributed by atoms with van der Waals surface area (Å²) >= 11 is 0. The van der Waals surface area contributed by atoms with Crippen molar-refractivity contribution in [3.63, 3.8) is 0 Å². The maximum atomic E-state index is 5.83. The molecule has 2 heterocycles.